The van der Waals surface area contributed by atoms with Crippen LogP contribution in [0.1, 0.15) is 31.2 Å². The van der Waals surface area contributed by atoms with Gasteiger partial charge in [0.15, 0.2) is 0 Å². The van der Waals surface area contributed by atoms with Gasteiger partial charge in [0.2, 0.25) is 5.82 Å². The number of piperidine rings is 1. The quantitative estimate of drug-likeness (QED) is 0.680. The van der Waals surface area contributed by atoms with Gasteiger partial charge in [-0.15, -0.1) is 0 Å². The van der Waals surface area contributed by atoms with Crippen molar-refractivity contribution in [3.05, 3.63) is 39.7 Å². The molecule has 1 aromatic rings. The Kier molecular flexibility index (Phi) is 3.43. The Bertz CT molecular complexity index is 523. The third-order valence-electron chi connectivity index (χ3n) is 4.49. The Morgan fingerprint density at radius 1 is 1.35 bits per heavy atom. The first-order valence-corrected chi connectivity index (χ1v) is 6.98. The number of nitrogens with zero attached hydrogens (tertiary/aromatic N) is 2. The predicted molar refractivity (Wildman–Crippen MR) is 72.6 cm³/mol. The van der Waals surface area contributed by atoms with Crippen LogP contribution in [0.15, 0.2) is 18.2 Å². The van der Waals surface area contributed by atoms with Crippen LogP contribution in [0.4, 0.5) is 10.1 Å². The molecule has 2 unspecified atom stereocenters. The number of hydrogen-bond acceptors (Lipinski definition) is 4. The molecule has 3 rings (SSSR count). The van der Waals surface area contributed by atoms with Crippen molar-refractivity contribution >= 4 is 5.69 Å². The molecule has 2 heterocycles. The maximum Gasteiger partial charge on any atom is 0.304 e. The summed E-state index contributed by atoms with van der Waals surface area (Å²) >= 11 is 0. The second-order valence-electron chi connectivity index (χ2n) is 5.83. The molecule has 0 aliphatic carbocycles. The largest absolute Gasteiger partial charge is 0.328 e. The summed E-state index contributed by atoms with van der Waals surface area (Å²) in [5, 5.41) is 10.6. The first-order valence-electron chi connectivity index (χ1n) is 6.98. The number of fused-ring (bicyclic) bond motifs is 2. The highest BCUT2D eigenvalue weighted by atomic mass is 19.1. The highest BCUT2D eigenvalue weighted by Crippen LogP contribution is 2.36. The number of hydrogen-bond donors (Lipinski definition) is 1. The van der Waals surface area contributed by atoms with Gasteiger partial charge < -0.3 is 5.73 Å². The van der Waals surface area contributed by atoms with Crippen LogP contribution in [0.2, 0.25) is 0 Å². The molecule has 20 heavy (non-hydrogen) atoms. The van der Waals surface area contributed by atoms with Crippen LogP contribution in [0, 0.1) is 15.9 Å². The fourth-order valence-electron chi connectivity index (χ4n) is 3.58. The lowest BCUT2D eigenvalue weighted by Crippen LogP contribution is -2.46. The number of nitro benzene ring substituents is 1. The van der Waals surface area contributed by atoms with E-state index >= 15 is 0 Å². The summed E-state index contributed by atoms with van der Waals surface area (Å²) in [5.41, 5.74) is 6.36. The molecule has 5 nitrogen and oxygen atoms in total. The molecule has 2 bridgehead atoms. The van der Waals surface area contributed by atoms with Gasteiger partial charge in [-0.05, 0) is 37.3 Å². The maximum atomic E-state index is 13.6. The fourth-order valence-corrected chi connectivity index (χ4v) is 3.58. The second kappa shape index (κ2) is 5.10. The van der Waals surface area contributed by atoms with Crippen molar-refractivity contribution in [3.8, 4) is 0 Å². The fraction of sp³-hybridized carbons (Fsp3) is 0.571. The Labute approximate surface area is 116 Å². The normalized spacial score (nSPS) is 29.6. The molecule has 2 fully saturated rings. The second-order valence-corrected chi connectivity index (χ2v) is 5.83. The highest BCUT2D eigenvalue weighted by Gasteiger charge is 2.39. The number of nitro groups is 1. The van der Waals surface area contributed by atoms with Gasteiger partial charge >= 0.3 is 5.69 Å². The van der Waals surface area contributed by atoms with Gasteiger partial charge in [-0.25, -0.2) is 0 Å². The Balaban J connectivity index is 1.76. The van der Waals surface area contributed by atoms with E-state index in [9.17, 15) is 14.5 Å². The molecule has 0 amide bonds. The van der Waals surface area contributed by atoms with Crippen LogP contribution in [-0.2, 0) is 6.54 Å². The zero-order valence-electron chi connectivity index (χ0n) is 11.2. The van der Waals surface area contributed by atoms with E-state index in [-0.39, 0.29) is 6.04 Å². The van der Waals surface area contributed by atoms with Gasteiger partial charge in [-0.1, -0.05) is 6.07 Å². The molecule has 2 N–H and O–H groups in total. The lowest BCUT2D eigenvalue weighted by atomic mass is 9.97. The van der Waals surface area contributed by atoms with Crippen LogP contribution >= 0.6 is 0 Å². The van der Waals surface area contributed by atoms with E-state index in [1.165, 1.54) is 12.1 Å². The van der Waals surface area contributed by atoms with E-state index in [2.05, 4.69) is 4.90 Å². The number of nitrogens with two attached hydrogens (primary N) is 1. The van der Waals surface area contributed by atoms with Crippen molar-refractivity contribution in [1.82, 2.24) is 4.90 Å². The zero-order valence-corrected chi connectivity index (χ0v) is 11.2. The molecule has 6 heteroatoms. The van der Waals surface area contributed by atoms with Crippen LogP contribution in [0.5, 0.6) is 0 Å². The van der Waals surface area contributed by atoms with Crippen molar-refractivity contribution in [2.45, 2.75) is 50.4 Å². The van der Waals surface area contributed by atoms with Crippen molar-refractivity contribution in [2.24, 2.45) is 5.73 Å². The van der Waals surface area contributed by atoms with Crippen molar-refractivity contribution in [1.29, 1.82) is 0 Å². The summed E-state index contributed by atoms with van der Waals surface area (Å²) in [4.78, 5) is 12.3. The zero-order chi connectivity index (χ0) is 14.3. The van der Waals surface area contributed by atoms with Gasteiger partial charge in [0.05, 0.1) is 4.92 Å². The van der Waals surface area contributed by atoms with Gasteiger partial charge in [0, 0.05) is 30.7 Å². The third-order valence-corrected chi connectivity index (χ3v) is 4.49. The summed E-state index contributed by atoms with van der Waals surface area (Å²) in [7, 11) is 0. The van der Waals surface area contributed by atoms with Crippen LogP contribution in [0.25, 0.3) is 0 Å². The molecular formula is C14H18FN3O2. The van der Waals surface area contributed by atoms with E-state index in [1.807, 2.05) is 0 Å². The molecule has 2 aliphatic heterocycles. The molecule has 108 valence electrons. The van der Waals surface area contributed by atoms with Gasteiger partial charge in [0.25, 0.3) is 0 Å². The Morgan fingerprint density at radius 2 is 2.00 bits per heavy atom. The lowest BCUT2D eigenvalue weighted by molar-refractivity contribution is -0.387. The highest BCUT2D eigenvalue weighted by molar-refractivity contribution is 5.35. The molecule has 2 saturated heterocycles. The Morgan fingerprint density at radius 3 is 2.55 bits per heavy atom. The smallest absolute Gasteiger partial charge is 0.304 e. The number of halogens is 1. The van der Waals surface area contributed by atoms with E-state index in [0.29, 0.717) is 18.6 Å². The number of rotatable bonds is 3. The molecule has 0 aromatic heterocycles. The minimum atomic E-state index is -0.756. The van der Waals surface area contributed by atoms with Crippen molar-refractivity contribution in [2.75, 3.05) is 0 Å². The summed E-state index contributed by atoms with van der Waals surface area (Å²) < 4.78 is 13.6. The predicted octanol–water partition coefficient (Wildman–Crippen LogP) is 2.19. The van der Waals surface area contributed by atoms with Gasteiger partial charge in [-0.3, -0.25) is 15.0 Å². The third kappa shape index (κ3) is 2.41. The Hall–Kier alpha value is -1.53. The van der Waals surface area contributed by atoms with E-state index < -0.39 is 16.4 Å². The molecule has 0 saturated carbocycles. The molecule has 0 spiro atoms. The van der Waals surface area contributed by atoms with Crippen LogP contribution in [-0.4, -0.2) is 27.9 Å². The summed E-state index contributed by atoms with van der Waals surface area (Å²) in [6, 6.07) is 5.41. The minimum Gasteiger partial charge on any atom is -0.328 e. The summed E-state index contributed by atoms with van der Waals surface area (Å²) in [5.74, 6) is -0.756. The van der Waals surface area contributed by atoms with E-state index in [0.717, 1.165) is 31.2 Å². The van der Waals surface area contributed by atoms with Crippen molar-refractivity contribution in [3.63, 3.8) is 0 Å². The molecular weight excluding hydrogens is 261 g/mol. The lowest BCUT2D eigenvalue weighted by Gasteiger charge is -2.37. The minimum absolute atomic E-state index is 0.275. The van der Waals surface area contributed by atoms with Crippen LogP contribution in [0.3, 0.4) is 0 Å². The summed E-state index contributed by atoms with van der Waals surface area (Å²) in [6.07, 6.45) is 4.28. The summed E-state index contributed by atoms with van der Waals surface area (Å²) in [6.45, 7) is 0.650. The molecule has 0 radical (unpaired) electrons. The molecule has 2 aliphatic rings. The topological polar surface area (TPSA) is 72.4 Å². The van der Waals surface area contributed by atoms with Crippen LogP contribution < -0.4 is 5.73 Å². The van der Waals surface area contributed by atoms with E-state index in [1.54, 1.807) is 6.07 Å². The SMILES string of the molecule is NC1CC2CCC(C1)N2Cc1ccc([N+](=O)[O-])c(F)c1. The van der Waals surface area contributed by atoms with Gasteiger partial charge in [-0.2, -0.15) is 4.39 Å². The number of benzene rings is 1. The van der Waals surface area contributed by atoms with Crippen molar-refractivity contribution < 1.29 is 9.31 Å². The first-order chi connectivity index (χ1) is 9.54. The monoisotopic (exact) mass is 279 g/mol. The van der Waals surface area contributed by atoms with E-state index in [4.69, 9.17) is 5.73 Å². The molecule has 1 aromatic carbocycles. The van der Waals surface area contributed by atoms with Gasteiger partial charge in [0.1, 0.15) is 0 Å². The standard InChI is InChI=1S/C14H18FN3O2/c15-13-5-9(1-4-14(13)18(19)20)8-17-11-2-3-12(17)7-10(16)6-11/h1,4-5,10-12H,2-3,6-8,16H2. The average Bonchev–Trinajstić information content (AvgIpc) is 2.62. The first kappa shape index (κ1) is 13.5. The average molecular weight is 279 g/mol. The molecule has 2 atom stereocenters. The maximum absolute atomic E-state index is 13.6.